The van der Waals surface area contributed by atoms with Crippen molar-refractivity contribution in [3.8, 4) is 0 Å². The molecule has 0 amide bonds. The number of halogens is 3. The Balaban J connectivity index is 2.14. The molecule has 2 nitrogen and oxygen atoms in total. The molecule has 112 valence electrons. The van der Waals surface area contributed by atoms with Crippen LogP contribution in [0.4, 0.5) is 8.78 Å². The molecule has 1 aliphatic heterocycles. The lowest BCUT2D eigenvalue weighted by molar-refractivity contribution is 0.232. The Morgan fingerprint density at radius 3 is 2.85 bits per heavy atom. The fraction of sp³-hybridized carbons (Fsp3) is 0.600. The van der Waals surface area contributed by atoms with Crippen molar-refractivity contribution in [3.63, 3.8) is 0 Å². The molecule has 0 saturated carbocycles. The summed E-state index contributed by atoms with van der Waals surface area (Å²) in [6.07, 6.45) is 1.00. The Hall–Kier alpha value is -0.520. The zero-order valence-electron chi connectivity index (χ0n) is 11.9. The van der Waals surface area contributed by atoms with Gasteiger partial charge in [-0.15, -0.1) is 0 Å². The van der Waals surface area contributed by atoms with Crippen molar-refractivity contribution in [2.75, 3.05) is 19.6 Å². The standard InChI is InChI=1S/C15H21BrF2N2/c1-10(2)14-9-20(7-3-6-19-14)8-11-13(17)5-4-12(16)15(11)18/h4-5,10,14,19H,3,6-9H2,1-2H3. The lowest BCUT2D eigenvalue weighted by Crippen LogP contribution is -2.41. The lowest BCUT2D eigenvalue weighted by atomic mass is 10.0. The minimum Gasteiger partial charge on any atom is -0.312 e. The highest BCUT2D eigenvalue weighted by Crippen LogP contribution is 2.23. The third-order valence-electron chi connectivity index (χ3n) is 3.84. The molecule has 0 spiro atoms. The van der Waals surface area contributed by atoms with E-state index >= 15 is 0 Å². The van der Waals surface area contributed by atoms with Crippen LogP contribution in [-0.4, -0.2) is 30.6 Å². The first-order chi connectivity index (χ1) is 9.49. The molecule has 1 N–H and O–H groups in total. The average molecular weight is 347 g/mol. The highest BCUT2D eigenvalue weighted by atomic mass is 79.9. The van der Waals surface area contributed by atoms with Gasteiger partial charge in [0, 0.05) is 24.7 Å². The summed E-state index contributed by atoms with van der Waals surface area (Å²) < 4.78 is 28.2. The molecule has 1 heterocycles. The molecule has 2 rings (SSSR count). The number of rotatable bonds is 3. The van der Waals surface area contributed by atoms with E-state index < -0.39 is 11.6 Å². The second-order valence-corrected chi connectivity index (χ2v) is 6.57. The Morgan fingerprint density at radius 2 is 2.15 bits per heavy atom. The molecule has 1 aromatic rings. The summed E-state index contributed by atoms with van der Waals surface area (Å²) in [4.78, 5) is 2.14. The van der Waals surface area contributed by atoms with Crippen LogP contribution in [0.5, 0.6) is 0 Å². The number of hydrogen-bond donors (Lipinski definition) is 1. The molecular weight excluding hydrogens is 326 g/mol. The van der Waals surface area contributed by atoms with Gasteiger partial charge in [-0.05, 0) is 53.5 Å². The Morgan fingerprint density at radius 1 is 1.40 bits per heavy atom. The van der Waals surface area contributed by atoms with Gasteiger partial charge in [0.25, 0.3) is 0 Å². The van der Waals surface area contributed by atoms with Gasteiger partial charge >= 0.3 is 0 Å². The summed E-state index contributed by atoms with van der Waals surface area (Å²) in [6.45, 7) is 7.30. The Labute approximate surface area is 127 Å². The number of hydrogen-bond acceptors (Lipinski definition) is 2. The smallest absolute Gasteiger partial charge is 0.144 e. The van der Waals surface area contributed by atoms with Gasteiger partial charge in [0.2, 0.25) is 0 Å². The summed E-state index contributed by atoms with van der Waals surface area (Å²) in [5.41, 5.74) is 0.156. The maximum absolute atomic E-state index is 14.0. The van der Waals surface area contributed by atoms with E-state index in [0.717, 1.165) is 26.1 Å². The monoisotopic (exact) mass is 346 g/mol. The number of nitrogens with one attached hydrogen (secondary N) is 1. The molecule has 1 aromatic carbocycles. The minimum absolute atomic E-state index is 0.156. The van der Waals surface area contributed by atoms with Crippen LogP contribution in [0.1, 0.15) is 25.8 Å². The van der Waals surface area contributed by atoms with Gasteiger partial charge in [0.15, 0.2) is 0 Å². The third-order valence-corrected chi connectivity index (χ3v) is 4.45. The van der Waals surface area contributed by atoms with Crippen LogP contribution >= 0.6 is 15.9 Å². The predicted molar refractivity (Wildman–Crippen MR) is 80.6 cm³/mol. The van der Waals surface area contributed by atoms with Crippen molar-refractivity contribution in [2.24, 2.45) is 5.92 Å². The Bertz CT molecular complexity index is 465. The summed E-state index contributed by atoms with van der Waals surface area (Å²) >= 11 is 3.12. The van der Waals surface area contributed by atoms with Gasteiger partial charge in [0.1, 0.15) is 11.6 Å². The van der Waals surface area contributed by atoms with Crippen molar-refractivity contribution in [1.82, 2.24) is 10.2 Å². The molecule has 0 aromatic heterocycles. The van der Waals surface area contributed by atoms with Gasteiger partial charge in [0.05, 0.1) is 4.47 Å². The van der Waals surface area contributed by atoms with Crippen LogP contribution in [0, 0.1) is 17.6 Å². The van der Waals surface area contributed by atoms with Crippen LogP contribution in [-0.2, 0) is 6.54 Å². The van der Waals surface area contributed by atoms with Gasteiger partial charge in [-0.25, -0.2) is 8.78 Å². The van der Waals surface area contributed by atoms with Crippen molar-refractivity contribution < 1.29 is 8.78 Å². The molecule has 0 radical (unpaired) electrons. The zero-order valence-corrected chi connectivity index (χ0v) is 13.5. The molecule has 20 heavy (non-hydrogen) atoms. The molecule has 1 aliphatic rings. The van der Waals surface area contributed by atoms with Crippen molar-refractivity contribution in [3.05, 3.63) is 33.8 Å². The first kappa shape index (κ1) is 15.9. The van der Waals surface area contributed by atoms with Crippen LogP contribution in [0.3, 0.4) is 0 Å². The maximum Gasteiger partial charge on any atom is 0.144 e. The molecular formula is C15H21BrF2N2. The van der Waals surface area contributed by atoms with E-state index in [0.29, 0.717) is 23.0 Å². The Kier molecular flexibility index (Phi) is 5.52. The summed E-state index contributed by atoms with van der Waals surface area (Å²) in [7, 11) is 0. The highest BCUT2D eigenvalue weighted by Gasteiger charge is 2.22. The van der Waals surface area contributed by atoms with Crippen molar-refractivity contribution >= 4 is 15.9 Å². The van der Waals surface area contributed by atoms with Gasteiger partial charge < -0.3 is 5.32 Å². The normalized spacial score (nSPS) is 21.2. The first-order valence-corrected chi connectivity index (χ1v) is 7.86. The average Bonchev–Trinajstić information content (AvgIpc) is 2.65. The van der Waals surface area contributed by atoms with E-state index in [9.17, 15) is 8.78 Å². The first-order valence-electron chi connectivity index (χ1n) is 7.07. The van der Waals surface area contributed by atoms with Gasteiger partial charge in [-0.2, -0.15) is 0 Å². The number of nitrogens with zero attached hydrogens (tertiary/aromatic N) is 1. The lowest BCUT2D eigenvalue weighted by Gasteiger charge is -2.27. The van der Waals surface area contributed by atoms with Crippen LogP contribution in [0.15, 0.2) is 16.6 Å². The summed E-state index contributed by atoms with van der Waals surface area (Å²) in [5, 5.41) is 3.50. The molecule has 0 bridgehead atoms. The van der Waals surface area contributed by atoms with E-state index in [2.05, 4.69) is 40.0 Å². The van der Waals surface area contributed by atoms with Crippen LogP contribution < -0.4 is 5.32 Å². The molecule has 1 unspecified atom stereocenters. The molecule has 1 saturated heterocycles. The number of benzene rings is 1. The van der Waals surface area contributed by atoms with Gasteiger partial charge in [-0.1, -0.05) is 13.8 Å². The molecule has 1 fully saturated rings. The zero-order chi connectivity index (χ0) is 14.7. The van der Waals surface area contributed by atoms with E-state index in [1.807, 2.05) is 0 Å². The summed E-state index contributed by atoms with van der Waals surface area (Å²) in [6, 6.07) is 3.10. The van der Waals surface area contributed by atoms with E-state index in [-0.39, 0.29) is 5.56 Å². The highest BCUT2D eigenvalue weighted by molar-refractivity contribution is 9.10. The van der Waals surface area contributed by atoms with Crippen molar-refractivity contribution in [1.29, 1.82) is 0 Å². The van der Waals surface area contributed by atoms with E-state index in [1.165, 1.54) is 12.1 Å². The van der Waals surface area contributed by atoms with Gasteiger partial charge in [-0.3, -0.25) is 4.90 Å². The topological polar surface area (TPSA) is 15.3 Å². The van der Waals surface area contributed by atoms with E-state index in [1.54, 1.807) is 0 Å². The van der Waals surface area contributed by atoms with Crippen LogP contribution in [0.25, 0.3) is 0 Å². The third kappa shape index (κ3) is 3.77. The molecule has 5 heteroatoms. The molecule has 1 atom stereocenters. The fourth-order valence-electron chi connectivity index (χ4n) is 2.55. The van der Waals surface area contributed by atoms with Crippen molar-refractivity contribution in [2.45, 2.75) is 32.9 Å². The fourth-order valence-corrected chi connectivity index (χ4v) is 2.92. The quantitative estimate of drug-likeness (QED) is 0.842. The second-order valence-electron chi connectivity index (χ2n) is 5.72. The second kappa shape index (κ2) is 6.96. The summed E-state index contributed by atoms with van der Waals surface area (Å²) in [5.74, 6) is -0.444. The maximum atomic E-state index is 14.0. The largest absolute Gasteiger partial charge is 0.312 e. The SMILES string of the molecule is CC(C)C1CN(Cc2c(F)ccc(Br)c2F)CCCN1. The van der Waals surface area contributed by atoms with E-state index in [4.69, 9.17) is 0 Å². The molecule has 0 aliphatic carbocycles. The predicted octanol–water partition coefficient (Wildman–Crippen LogP) is 3.55. The minimum atomic E-state index is -0.483. The van der Waals surface area contributed by atoms with Crippen LogP contribution in [0.2, 0.25) is 0 Å².